The zero-order chi connectivity index (χ0) is 13.5. The third kappa shape index (κ3) is 4.59. The van der Waals surface area contributed by atoms with Crippen molar-refractivity contribution in [3.05, 3.63) is 28.7 Å². The Bertz CT molecular complexity index is 521. The second-order valence-electron chi connectivity index (χ2n) is 3.81. The quantitative estimate of drug-likeness (QED) is 0.593. The van der Waals surface area contributed by atoms with E-state index < -0.39 is 0 Å². The minimum absolute atomic E-state index is 0.714. The van der Waals surface area contributed by atoms with Crippen LogP contribution in [0.25, 0.3) is 0 Å². The lowest BCUT2D eigenvalue weighted by Crippen LogP contribution is -1.96. The van der Waals surface area contributed by atoms with Gasteiger partial charge in [0.2, 0.25) is 5.13 Å². The Morgan fingerprint density at radius 1 is 1.47 bits per heavy atom. The van der Waals surface area contributed by atoms with Gasteiger partial charge in [0.25, 0.3) is 0 Å². The van der Waals surface area contributed by atoms with E-state index in [4.69, 9.17) is 0 Å². The number of thioether (sulfide) groups is 1. The predicted octanol–water partition coefficient (Wildman–Crippen LogP) is 3.84. The smallest absolute Gasteiger partial charge is 0.206 e. The van der Waals surface area contributed by atoms with Gasteiger partial charge in [0.1, 0.15) is 0 Å². The maximum Gasteiger partial charge on any atom is 0.206 e. The van der Waals surface area contributed by atoms with E-state index in [1.165, 1.54) is 5.01 Å². The molecule has 2 heterocycles. The van der Waals surface area contributed by atoms with Crippen molar-refractivity contribution in [1.82, 2.24) is 15.2 Å². The second-order valence-corrected chi connectivity index (χ2v) is 6.96. The van der Waals surface area contributed by atoms with Crippen LogP contribution in [0.2, 0.25) is 0 Å². The molecular formula is C12H16N4S3. The van der Waals surface area contributed by atoms with Crippen molar-refractivity contribution in [1.29, 1.82) is 0 Å². The monoisotopic (exact) mass is 312 g/mol. The molecule has 0 bridgehead atoms. The Labute approximate surface area is 125 Å². The maximum atomic E-state index is 4.60. The zero-order valence-corrected chi connectivity index (χ0v) is 13.2. The molecule has 2 aromatic heterocycles. The van der Waals surface area contributed by atoms with Crippen LogP contribution in [0.5, 0.6) is 0 Å². The molecule has 7 heteroatoms. The number of aryl methyl sites for hydroxylation is 1. The van der Waals surface area contributed by atoms with E-state index >= 15 is 0 Å². The first-order valence-electron chi connectivity index (χ1n) is 6.06. The molecule has 102 valence electrons. The first kappa shape index (κ1) is 14.5. The molecule has 2 rings (SSSR count). The van der Waals surface area contributed by atoms with Crippen LogP contribution >= 0.6 is 34.4 Å². The second kappa shape index (κ2) is 7.62. The van der Waals surface area contributed by atoms with E-state index in [0.717, 1.165) is 33.8 Å². The Kier molecular flexibility index (Phi) is 5.81. The summed E-state index contributed by atoms with van der Waals surface area (Å²) in [6.07, 6.45) is 4.03. The van der Waals surface area contributed by atoms with Gasteiger partial charge < -0.3 is 5.32 Å². The van der Waals surface area contributed by atoms with Crippen molar-refractivity contribution in [2.24, 2.45) is 0 Å². The summed E-state index contributed by atoms with van der Waals surface area (Å²) in [5.41, 5.74) is 1.13. The van der Waals surface area contributed by atoms with E-state index in [9.17, 15) is 0 Å². The molecule has 1 N–H and O–H groups in total. The Morgan fingerprint density at radius 3 is 3.16 bits per heavy atom. The lowest BCUT2D eigenvalue weighted by molar-refractivity contribution is 0.902. The van der Waals surface area contributed by atoms with Crippen molar-refractivity contribution >= 4 is 39.6 Å². The number of anilines is 1. The number of hydrogen-bond donors (Lipinski definition) is 1. The number of nitrogens with zero attached hydrogens (tertiary/aromatic N) is 3. The molecule has 0 unspecified atom stereocenters. The Morgan fingerprint density at radius 2 is 2.37 bits per heavy atom. The van der Waals surface area contributed by atoms with Crippen LogP contribution in [0.3, 0.4) is 0 Å². The molecular weight excluding hydrogens is 296 g/mol. The van der Waals surface area contributed by atoms with Crippen LogP contribution in [0.4, 0.5) is 5.13 Å². The van der Waals surface area contributed by atoms with Crippen molar-refractivity contribution < 1.29 is 0 Å². The van der Waals surface area contributed by atoms with Crippen molar-refractivity contribution in [3.63, 3.8) is 0 Å². The lowest BCUT2D eigenvalue weighted by Gasteiger charge is -1.94. The standard InChI is InChI=1S/C12H16N4S3/c1-3-5-10-14-9(7-17-10)8-18-12-16-15-11(19-12)13-6-4-2/h4,7H,2-3,5-6,8H2,1H3,(H,13,15). The normalized spacial score (nSPS) is 10.6. The van der Waals surface area contributed by atoms with Gasteiger partial charge in [-0.2, -0.15) is 0 Å². The number of rotatable bonds is 8. The highest BCUT2D eigenvalue weighted by Gasteiger charge is 2.06. The summed E-state index contributed by atoms with van der Waals surface area (Å²) < 4.78 is 0.969. The van der Waals surface area contributed by atoms with Crippen LogP contribution in [0.15, 0.2) is 22.4 Å². The fraction of sp³-hybridized carbons (Fsp3) is 0.417. The summed E-state index contributed by atoms with van der Waals surface area (Å²) in [6, 6.07) is 0. The van der Waals surface area contributed by atoms with Gasteiger partial charge in [0, 0.05) is 17.7 Å². The third-order valence-electron chi connectivity index (χ3n) is 2.21. The summed E-state index contributed by atoms with van der Waals surface area (Å²) in [4.78, 5) is 4.60. The van der Waals surface area contributed by atoms with Crippen LogP contribution in [0.1, 0.15) is 24.0 Å². The van der Waals surface area contributed by atoms with Crippen molar-refractivity contribution in [2.75, 3.05) is 11.9 Å². The molecule has 0 aliphatic heterocycles. The molecule has 0 radical (unpaired) electrons. The molecule has 0 atom stereocenters. The molecule has 0 amide bonds. The van der Waals surface area contributed by atoms with Crippen molar-refractivity contribution in [2.45, 2.75) is 29.9 Å². The fourth-order valence-corrected chi connectivity index (χ4v) is 4.04. The molecule has 19 heavy (non-hydrogen) atoms. The maximum absolute atomic E-state index is 4.60. The van der Waals surface area contributed by atoms with Gasteiger partial charge in [-0.25, -0.2) is 4.98 Å². The highest BCUT2D eigenvalue weighted by molar-refractivity contribution is 8.00. The zero-order valence-electron chi connectivity index (χ0n) is 10.8. The van der Waals surface area contributed by atoms with Crippen LogP contribution in [-0.2, 0) is 12.2 Å². The average molecular weight is 312 g/mol. The van der Waals surface area contributed by atoms with Crippen LogP contribution in [-0.4, -0.2) is 21.7 Å². The third-order valence-corrected chi connectivity index (χ3v) is 5.22. The molecule has 0 saturated carbocycles. The van der Waals surface area contributed by atoms with Crippen molar-refractivity contribution in [3.8, 4) is 0 Å². The van der Waals surface area contributed by atoms with Gasteiger partial charge in [-0.05, 0) is 12.8 Å². The summed E-state index contributed by atoms with van der Waals surface area (Å²) >= 11 is 4.99. The highest BCUT2D eigenvalue weighted by atomic mass is 32.2. The minimum atomic E-state index is 0.714. The molecule has 0 aliphatic rings. The van der Waals surface area contributed by atoms with Gasteiger partial charge in [-0.3, -0.25) is 0 Å². The molecule has 0 saturated heterocycles. The van der Waals surface area contributed by atoms with Gasteiger partial charge >= 0.3 is 0 Å². The summed E-state index contributed by atoms with van der Waals surface area (Å²) in [5, 5.41) is 15.5. The molecule has 2 aromatic rings. The summed E-state index contributed by atoms with van der Waals surface area (Å²) in [7, 11) is 0. The number of thiazole rings is 1. The van der Waals surface area contributed by atoms with E-state index in [0.29, 0.717) is 6.54 Å². The van der Waals surface area contributed by atoms with E-state index in [-0.39, 0.29) is 0 Å². The molecule has 0 aliphatic carbocycles. The number of hydrogen-bond acceptors (Lipinski definition) is 7. The topological polar surface area (TPSA) is 50.7 Å². The fourth-order valence-electron chi connectivity index (χ4n) is 1.38. The molecule has 0 fully saturated rings. The van der Waals surface area contributed by atoms with E-state index in [1.54, 1.807) is 40.5 Å². The first-order chi connectivity index (χ1) is 9.31. The van der Waals surface area contributed by atoms with Gasteiger partial charge in [0.05, 0.1) is 10.7 Å². The van der Waals surface area contributed by atoms with Gasteiger partial charge in [-0.15, -0.1) is 28.1 Å². The van der Waals surface area contributed by atoms with Crippen LogP contribution in [0, 0.1) is 0 Å². The molecule has 0 aromatic carbocycles. The molecule has 4 nitrogen and oxygen atoms in total. The Balaban J connectivity index is 1.83. The van der Waals surface area contributed by atoms with Gasteiger partial charge in [0.15, 0.2) is 4.34 Å². The van der Waals surface area contributed by atoms with Crippen LogP contribution < -0.4 is 5.32 Å². The van der Waals surface area contributed by atoms with E-state index in [2.05, 4.69) is 39.4 Å². The first-order valence-corrected chi connectivity index (χ1v) is 8.74. The lowest BCUT2D eigenvalue weighted by atomic mass is 10.3. The van der Waals surface area contributed by atoms with Gasteiger partial charge in [-0.1, -0.05) is 36.1 Å². The number of aromatic nitrogens is 3. The SMILES string of the molecule is C=CCNc1nnc(SCc2csc(CCC)n2)s1. The highest BCUT2D eigenvalue weighted by Crippen LogP contribution is 2.28. The molecule has 0 spiro atoms. The minimum Gasteiger partial charge on any atom is -0.357 e. The number of nitrogens with one attached hydrogen (secondary N) is 1. The van der Waals surface area contributed by atoms with E-state index in [1.807, 2.05) is 0 Å². The predicted molar refractivity (Wildman–Crippen MR) is 84.3 cm³/mol. The summed E-state index contributed by atoms with van der Waals surface area (Å²) in [6.45, 7) is 6.55. The summed E-state index contributed by atoms with van der Waals surface area (Å²) in [5.74, 6) is 0.857. The average Bonchev–Trinajstić information content (AvgIpc) is 3.03. The largest absolute Gasteiger partial charge is 0.357 e. The Hall–Kier alpha value is -0.920.